The lowest BCUT2D eigenvalue weighted by Crippen LogP contribution is -2.30. The summed E-state index contributed by atoms with van der Waals surface area (Å²) in [5, 5.41) is 0. The zero-order valence-electron chi connectivity index (χ0n) is 16.8. The number of benzene rings is 2. The van der Waals surface area contributed by atoms with Crippen molar-refractivity contribution in [2.75, 3.05) is 6.54 Å². The molecule has 0 fully saturated rings. The highest BCUT2D eigenvalue weighted by atomic mass is 79.9. The van der Waals surface area contributed by atoms with E-state index in [0.29, 0.717) is 17.9 Å². The van der Waals surface area contributed by atoms with E-state index < -0.39 is 10.0 Å². The Bertz CT molecular complexity index is 947. The van der Waals surface area contributed by atoms with Gasteiger partial charge in [0, 0.05) is 23.1 Å². The predicted octanol–water partition coefficient (Wildman–Crippen LogP) is 6.08. The van der Waals surface area contributed by atoms with Gasteiger partial charge in [-0.1, -0.05) is 66.0 Å². The third kappa shape index (κ3) is 4.52. The van der Waals surface area contributed by atoms with Gasteiger partial charge in [0.2, 0.25) is 0 Å². The van der Waals surface area contributed by atoms with Crippen LogP contribution in [-0.2, 0) is 16.4 Å². The quantitative estimate of drug-likeness (QED) is 0.500. The Morgan fingerprint density at radius 1 is 1.07 bits per heavy atom. The molecule has 5 heteroatoms. The molecule has 3 nitrogen and oxygen atoms in total. The summed E-state index contributed by atoms with van der Waals surface area (Å²) in [5.74, 6) is 0.247. The van der Waals surface area contributed by atoms with Crippen molar-refractivity contribution in [3.63, 3.8) is 0 Å². The van der Waals surface area contributed by atoms with Gasteiger partial charge in [-0.2, -0.15) is 0 Å². The SMILES string of the molecule is CCCCC1=C(Cc2ccc(Br)cc2)N(S(=O)(=O)c2ccc(C)cc2)CC1C. The zero-order valence-corrected chi connectivity index (χ0v) is 19.2. The third-order valence-corrected chi connectivity index (χ3v) is 7.75. The molecule has 0 bridgehead atoms. The first-order valence-electron chi connectivity index (χ1n) is 9.88. The topological polar surface area (TPSA) is 37.4 Å². The number of unbranched alkanes of at least 4 members (excludes halogenated alkanes) is 1. The molecule has 0 radical (unpaired) electrons. The summed E-state index contributed by atoms with van der Waals surface area (Å²) in [4.78, 5) is 0.371. The molecule has 3 rings (SSSR count). The summed E-state index contributed by atoms with van der Waals surface area (Å²) in [6, 6.07) is 15.3. The lowest BCUT2D eigenvalue weighted by Gasteiger charge is -2.23. The minimum Gasteiger partial charge on any atom is -0.269 e. The van der Waals surface area contributed by atoms with Crippen LogP contribution in [0.3, 0.4) is 0 Å². The van der Waals surface area contributed by atoms with E-state index in [0.717, 1.165) is 40.6 Å². The van der Waals surface area contributed by atoms with Crippen LogP contribution in [-0.4, -0.2) is 19.3 Å². The van der Waals surface area contributed by atoms with Crippen molar-refractivity contribution in [2.45, 2.75) is 51.3 Å². The van der Waals surface area contributed by atoms with Crippen LogP contribution in [0.25, 0.3) is 0 Å². The maximum atomic E-state index is 13.4. The van der Waals surface area contributed by atoms with Gasteiger partial charge in [0.1, 0.15) is 0 Å². The van der Waals surface area contributed by atoms with Gasteiger partial charge in [-0.3, -0.25) is 4.31 Å². The molecule has 1 aliphatic rings. The fraction of sp³-hybridized carbons (Fsp3) is 0.391. The first kappa shape index (κ1) is 21.1. The van der Waals surface area contributed by atoms with Crippen LogP contribution in [0.4, 0.5) is 0 Å². The second-order valence-electron chi connectivity index (χ2n) is 7.63. The van der Waals surface area contributed by atoms with E-state index in [-0.39, 0.29) is 5.92 Å². The smallest absolute Gasteiger partial charge is 0.264 e. The number of hydrogen-bond acceptors (Lipinski definition) is 2. The van der Waals surface area contributed by atoms with Gasteiger partial charge in [-0.25, -0.2) is 8.42 Å². The van der Waals surface area contributed by atoms with Gasteiger partial charge in [0.15, 0.2) is 0 Å². The number of rotatable bonds is 7. The summed E-state index contributed by atoms with van der Waals surface area (Å²) in [7, 11) is -3.56. The van der Waals surface area contributed by atoms with Crippen LogP contribution in [0.5, 0.6) is 0 Å². The maximum absolute atomic E-state index is 13.4. The summed E-state index contributed by atoms with van der Waals surface area (Å²) in [5.41, 5.74) is 4.44. The number of nitrogens with zero attached hydrogens (tertiary/aromatic N) is 1. The largest absolute Gasteiger partial charge is 0.269 e. The monoisotopic (exact) mass is 461 g/mol. The van der Waals surface area contributed by atoms with Crippen LogP contribution < -0.4 is 0 Å². The second kappa shape index (κ2) is 8.83. The van der Waals surface area contributed by atoms with Gasteiger partial charge in [-0.05, 0) is 61.1 Å². The molecular formula is C23H28BrNO2S. The zero-order chi connectivity index (χ0) is 20.3. The van der Waals surface area contributed by atoms with E-state index in [2.05, 4.69) is 41.9 Å². The Balaban J connectivity index is 2.01. The summed E-state index contributed by atoms with van der Waals surface area (Å²) in [6.45, 7) is 6.82. The van der Waals surface area contributed by atoms with Crippen molar-refractivity contribution >= 4 is 26.0 Å². The average molecular weight is 462 g/mol. The molecule has 0 aromatic heterocycles. The Morgan fingerprint density at radius 2 is 1.71 bits per heavy atom. The first-order valence-corrected chi connectivity index (χ1v) is 12.1. The lowest BCUT2D eigenvalue weighted by atomic mass is 9.95. The molecule has 1 unspecified atom stereocenters. The van der Waals surface area contributed by atoms with Gasteiger partial charge >= 0.3 is 0 Å². The number of allylic oxidation sites excluding steroid dienone is 1. The molecule has 0 saturated carbocycles. The molecule has 2 aromatic rings. The summed E-state index contributed by atoms with van der Waals surface area (Å²) in [6.07, 6.45) is 3.79. The van der Waals surface area contributed by atoms with Crippen LogP contribution >= 0.6 is 15.9 Å². The predicted molar refractivity (Wildman–Crippen MR) is 119 cm³/mol. The minimum atomic E-state index is -3.56. The second-order valence-corrected chi connectivity index (χ2v) is 10.4. The standard InChI is InChI=1S/C23H28BrNO2S/c1-4-5-6-22-18(3)16-25(23(22)15-19-9-11-20(24)12-10-19)28(26,27)21-13-7-17(2)8-14-21/h7-14,18H,4-6,15-16H2,1-3H3. The van der Waals surface area contributed by atoms with Crippen molar-refractivity contribution in [2.24, 2.45) is 5.92 Å². The molecule has 1 atom stereocenters. The molecule has 0 saturated heterocycles. The Kier molecular flexibility index (Phi) is 6.66. The van der Waals surface area contributed by atoms with Gasteiger partial charge in [-0.15, -0.1) is 0 Å². The van der Waals surface area contributed by atoms with Crippen molar-refractivity contribution in [3.8, 4) is 0 Å². The number of hydrogen-bond donors (Lipinski definition) is 0. The summed E-state index contributed by atoms with van der Waals surface area (Å²) >= 11 is 3.48. The molecule has 0 spiro atoms. The molecule has 0 aliphatic carbocycles. The first-order chi connectivity index (χ1) is 13.3. The van der Waals surface area contributed by atoms with Crippen molar-refractivity contribution in [3.05, 3.63) is 75.4 Å². The van der Waals surface area contributed by atoms with Crippen LogP contribution in [0, 0.1) is 12.8 Å². The normalized spacial score (nSPS) is 17.4. The Labute approximate surface area is 177 Å². The number of aryl methyl sites for hydroxylation is 1. The van der Waals surface area contributed by atoms with Gasteiger partial charge in [0.25, 0.3) is 10.0 Å². The molecule has 1 heterocycles. The highest BCUT2D eigenvalue weighted by Crippen LogP contribution is 2.37. The fourth-order valence-electron chi connectivity index (χ4n) is 3.75. The van der Waals surface area contributed by atoms with E-state index in [4.69, 9.17) is 0 Å². The minimum absolute atomic E-state index is 0.247. The van der Waals surface area contributed by atoms with E-state index >= 15 is 0 Å². The molecule has 0 amide bonds. The van der Waals surface area contributed by atoms with E-state index in [1.54, 1.807) is 16.4 Å². The van der Waals surface area contributed by atoms with Crippen LogP contribution in [0.2, 0.25) is 0 Å². The maximum Gasteiger partial charge on any atom is 0.264 e. The average Bonchev–Trinajstić information content (AvgIpc) is 2.98. The lowest BCUT2D eigenvalue weighted by molar-refractivity contribution is 0.468. The Morgan fingerprint density at radius 3 is 2.32 bits per heavy atom. The van der Waals surface area contributed by atoms with E-state index in [1.165, 1.54) is 5.57 Å². The molecule has 150 valence electrons. The van der Waals surface area contributed by atoms with Gasteiger partial charge in [0.05, 0.1) is 4.90 Å². The molecular weight excluding hydrogens is 434 g/mol. The highest BCUT2D eigenvalue weighted by molar-refractivity contribution is 9.10. The molecule has 28 heavy (non-hydrogen) atoms. The molecule has 0 N–H and O–H groups in total. The van der Waals surface area contributed by atoms with Crippen molar-refractivity contribution < 1.29 is 8.42 Å². The van der Waals surface area contributed by atoms with Crippen LogP contribution in [0.1, 0.15) is 44.2 Å². The van der Waals surface area contributed by atoms with Crippen molar-refractivity contribution in [1.29, 1.82) is 0 Å². The molecule has 2 aromatic carbocycles. The van der Waals surface area contributed by atoms with Crippen molar-refractivity contribution in [1.82, 2.24) is 4.31 Å². The van der Waals surface area contributed by atoms with E-state index in [1.807, 2.05) is 31.2 Å². The Hall–Kier alpha value is -1.59. The summed E-state index contributed by atoms with van der Waals surface area (Å²) < 4.78 is 29.6. The third-order valence-electron chi connectivity index (χ3n) is 5.40. The fourth-order valence-corrected chi connectivity index (χ4v) is 5.64. The molecule has 1 aliphatic heterocycles. The number of halogens is 1. The number of sulfonamides is 1. The van der Waals surface area contributed by atoms with Crippen LogP contribution in [0.15, 0.2) is 69.2 Å². The highest BCUT2D eigenvalue weighted by Gasteiger charge is 2.36. The van der Waals surface area contributed by atoms with Gasteiger partial charge < -0.3 is 0 Å². The van der Waals surface area contributed by atoms with E-state index in [9.17, 15) is 8.42 Å².